The van der Waals surface area contributed by atoms with E-state index in [1.54, 1.807) is 54.6 Å². The molecule has 108 valence electrons. The van der Waals surface area contributed by atoms with E-state index in [1.807, 2.05) is 0 Å². The molecule has 2 rings (SSSR count). The number of carboxylic acids is 1. The summed E-state index contributed by atoms with van der Waals surface area (Å²) in [5.74, 6) is -1.55. The van der Waals surface area contributed by atoms with Crippen LogP contribution in [0.4, 0.5) is 0 Å². The third kappa shape index (κ3) is 3.31. The van der Waals surface area contributed by atoms with E-state index in [9.17, 15) is 14.7 Å². The quantitative estimate of drug-likeness (QED) is 0.892. The van der Waals surface area contributed by atoms with Crippen molar-refractivity contribution in [3.63, 3.8) is 0 Å². The lowest BCUT2D eigenvalue weighted by molar-refractivity contribution is -0.144. The summed E-state index contributed by atoms with van der Waals surface area (Å²) in [4.78, 5) is 23.9. The highest BCUT2D eigenvalue weighted by molar-refractivity contribution is 9.10. The largest absolute Gasteiger partial charge is 0.479 e. The number of carboxylic acid groups (broad SMARTS) is 1. The van der Waals surface area contributed by atoms with Crippen LogP contribution in [-0.4, -0.2) is 17.0 Å². The number of aliphatic carboxylic acids is 1. The first-order chi connectivity index (χ1) is 9.93. The second-order valence-electron chi connectivity index (χ2n) is 4.76. The molecule has 0 aliphatic heterocycles. The summed E-state index contributed by atoms with van der Waals surface area (Å²) < 4.78 is 0.850. The highest BCUT2D eigenvalue weighted by atomic mass is 79.9. The van der Waals surface area contributed by atoms with Crippen LogP contribution >= 0.6 is 15.9 Å². The number of carbonyl (C=O) groups is 2. The minimum atomic E-state index is -1.48. The van der Waals surface area contributed by atoms with Gasteiger partial charge in [0.05, 0.1) is 0 Å². The molecule has 1 amide bonds. The Morgan fingerprint density at radius 3 is 2.14 bits per heavy atom. The van der Waals surface area contributed by atoms with Crippen molar-refractivity contribution in [1.82, 2.24) is 5.32 Å². The molecule has 0 saturated carbocycles. The molecule has 0 aliphatic rings. The van der Waals surface area contributed by atoms with Gasteiger partial charge in [-0.2, -0.15) is 0 Å². The van der Waals surface area contributed by atoms with Crippen LogP contribution in [0.3, 0.4) is 0 Å². The molecular formula is C16H14BrNO3. The number of nitrogens with one attached hydrogen (secondary N) is 1. The Hall–Kier alpha value is -2.14. The van der Waals surface area contributed by atoms with Crippen LogP contribution in [0, 0.1) is 0 Å². The van der Waals surface area contributed by atoms with Crippen molar-refractivity contribution < 1.29 is 14.7 Å². The second kappa shape index (κ2) is 6.10. The van der Waals surface area contributed by atoms with E-state index in [-0.39, 0.29) is 0 Å². The molecule has 1 atom stereocenters. The molecule has 0 spiro atoms. The van der Waals surface area contributed by atoms with Gasteiger partial charge in [-0.05, 0) is 36.8 Å². The summed E-state index contributed by atoms with van der Waals surface area (Å²) in [6, 6.07) is 15.4. The fraction of sp³-hybridized carbons (Fsp3) is 0.125. The summed E-state index contributed by atoms with van der Waals surface area (Å²) in [7, 11) is 0. The van der Waals surface area contributed by atoms with Crippen molar-refractivity contribution in [1.29, 1.82) is 0 Å². The molecule has 0 aliphatic carbocycles. The third-order valence-electron chi connectivity index (χ3n) is 3.25. The highest BCUT2D eigenvalue weighted by Crippen LogP contribution is 2.22. The maximum Gasteiger partial charge on any atom is 0.333 e. The summed E-state index contributed by atoms with van der Waals surface area (Å²) in [6.07, 6.45) is 0. The van der Waals surface area contributed by atoms with Gasteiger partial charge in [-0.3, -0.25) is 4.79 Å². The number of carbonyl (C=O) groups excluding carboxylic acids is 1. The number of hydrogen-bond acceptors (Lipinski definition) is 2. The van der Waals surface area contributed by atoms with Crippen molar-refractivity contribution in [3.05, 3.63) is 70.2 Å². The zero-order valence-corrected chi connectivity index (χ0v) is 12.9. The molecule has 2 aromatic carbocycles. The van der Waals surface area contributed by atoms with Crippen molar-refractivity contribution in [2.45, 2.75) is 12.5 Å². The maximum atomic E-state index is 12.3. The van der Waals surface area contributed by atoms with Gasteiger partial charge in [-0.15, -0.1) is 0 Å². The molecule has 21 heavy (non-hydrogen) atoms. The Morgan fingerprint density at radius 1 is 1.05 bits per heavy atom. The molecule has 1 unspecified atom stereocenters. The van der Waals surface area contributed by atoms with E-state index >= 15 is 0 Å². The van der Waals surface area contributed by atoms with Crippen molar-refractivity contribution in [3.8, 4) is 0 Å². The standard InChI is InChI=1S/C16H14BrNO3/c1-16(15(20)21,12-5-3-2-4-6-12)18-14(19)11-7-9-13(17)10-8-11/h2-10H,1H3,(H,18,19)(H,20,21). The fourth-order valence-corrected chi connectivity index (χ4v) is 2.19. The zero-order chi connectivity index (χ0) is 15.5. The number of amides is 1. The molecule has 5 heteroatoms. The van der Waals surface area contributed by atoms with Gasteiger partial charge in [0.1, 0.15) is 0 Å². The molecule has 4 nitrogen and oxygen atoms in total. The molecule has 0 bridgehead atoms. The predicted molar refractivity (Wildman–Crippen MR) is 83.0 cm³/mol. The number of benzene rings is 2. The minimum absolute atomic E-state index is 0.404. The number of halogens is 1. The monoisotopic (exact) mass is 347 g/mol. The Labute approximate surface area is 130 Å². The van der Waals surface area contributed by atoms with Gasteiger partial charge in [-0.1, -0.05) is 46.3 Å². The first kappa shape index (κ1) is 15.3. The van der Waals surface area contributed by atoms with Crippen LogP contribution in [-0.2, 0) is 10.3 Å². The highest BCUT2D eigenvalue weighted by Gasteiger charge is 2.36. The lowest BCUT2D eigenvalue weighted by Gasteiger charge is -2.26. The van der Waals surface area contributed by atoms with E-state index in [2.05, 4.69) is 21.2 Å². The normalized spacial score (nSPS) is 13.2. The molecule has 0 heterocycles. The molecular weight excluding hydrogens is 334 g/mol. The molecule has 0 fully saturated rings. The molecule has 0 radical (unpaired) electrons. The second-order valence-corrected chi connectivity index (χ2v) is 5.67. The Bertz CT molecular complexity index is 655. The minimum Gasteiger partial charge on any atom is -0.479 e. The van der Waals surface area contributed by atoms with Crippen LogP contribution in [0.15, 0.2) is 59.1 Å². The van der Waals surface area contributed by atoms with Crippen molar-refractivity contribution in [2.75, 3.05) is 0 Å². The zero-order valence-electron chi connectivity index (χ0n) is 11.3. The Balaban J connectivity index is 2.31. The number of hydrogen-bond donors (Lipinski definition) is 2. The van der Waals surface area contributed by atoms with E-state index in [1.165, 1.54) is 6.92 Å². The van der Waals surface area contributed by atoms with Crippen LogP contribution < -0.4 is 5.32 Å². The van der Waals surface area contributed by atoms with Crippen LogP contribution in [0.5, 0.6) is 0 Å². The lowest BCUT2D eigenvalue weighted by Crippen LogP contribution is -2.49. The van der Waals surface area contributed by atoms with Gasteiger partial charge in [0.25, 0.3) is 5.91 Å². The molecule has 0 saturated heterocycles. The first-order valence-corrected chi connectivity index (χ1v) is 7.10. The summed E-state index contributed by atoms with van der Waals surface area (Å²) in [5.41, 5.74) is -0.560. The van der Waals surface area contributed by atoms with Crippen LogP contribution in [0.25, 0.3) is 0 Å². The molecule has 0 aromatic heterocycles. The summed E-state index contributed by atoms with van der Waals surface area (Å²) in [5, 5.41) is 12.1. The SMILES string of the molecule is CC(NC(=O)c1ccc(Br)cc1)(C(=O)O)c1ccccc1. The average molecular weight is 348 g/mol. The van der Waals surface area contributed by atoms with Crippen LogP contribution in [0.2, 0.25) is 0 Å². The number of rotatable bonds is 4. The van der Waals surface area contributed by atoms with Gasteiger partial charge in [-0.25, -0.2) is 4.79 Å². The predicted octanol–water partition coefficient (Wildman–Crippen LogP) is 3.18. The summed E-state index contributed by atoms with van der Waals surface area (Å²) >= 11 is 3.29. The maximum absolute atomic E-state index is 12.3. The molecule has 2 N–H and O–H groups in total. The van der Waals surface area contributed by atoms with E-state index in [0.29, 0.717) is 11.1 Å². The Kier molecular flexibility index (Phi) is 4.43. The van der Waals surface area contributed by atoms with Gasteiger partial charge in [0, 0.05) is 10.0 Å². The van der Waals surface area contributed by atoms with Gasteiger partial charge in [0.2, 0.25) is 0 Å². The topological polar surface area (TPSA) is 66.4 Å². The van der Waals surface area contributed by atoms with Gasteiger partial charge < -0.3 is 10.4 Å². The van der Waals surface area contributed by atoms with E-state index in [0.717, 1.165) is 4.47 Å². The average Bonchev–Trinajstić information content (AvgIpc) is 2.48. The van der Waals surface area contributed by atoms with Gasteiger partial charge in [0.15, 0.2) is 5.54 Å². The Morgan fingerprint density at radius 2 is 1.62 bits per heavy atom. The van der Waals surface area contributed by atoms with Crippen molar-refractivity contribution in [2.24, 2.45) is 0 Å². The van der Waals surface area contributed by atoms with Crippen LogP contribution in [0.1, 0.15) is 22.8 Å². The summed E-state index contributed by atoms with van der Waals surface area (Å²) in [6.45, 7) is 1.47. The van der Waals surface area contributed by atoms with E-state index in [4.69, 9.17) is 0 Å². The third-order valence-corrected chi connectivity index (χ3v) is 3.78. The van der Waals surface area contributed by atoms with Gasteiger partial charge >= 0.3 is 5.97 Å². The fourth-order valence-electron chi connectivity index (χ4n) is 1.92. The smallest absolute Gasteiger partial charge is 0.333 e. The van der Waals surface area contributed by atoms with E-state index < -0.39 is 17.4 Å². The first-order valence-electron chi connectivity index (χ1n) is 6.30. The molecule has 2 aromatic rings. The lowest BCUT2D eigenvalue weighted by atomic mass is 9.91. The van der Waals surface area contributed by atoms with Crippen molar-refractivity contribution >= 4 is 27.8 Å².